The van der Waals surface area contributed by atoms with E-state index < -0.39 is 5.97 Å². The van der Waals surface area contributed by atoms with Crippen molar-refractivity contribution in [3.8, 4) is 0 Å². The van der Waals surface area contributed by atoms with Gasteiger partial charge in [-0.1, -0.05) is 38.8 Å². The van der Waals surface area contributed by atoms with Crippen molar-refractivity contribution in [1.29, 1.82) is 0 Å². The Balaban J connectivity index is 2.69. The standard InChI is InChI=1S/C16H21NO3/c1-3-12(4-2)11-17-16(20)14-7-5-6-13(10-14)8-9-15(18)19/h5-10,12H,3-4,11H2,1-2H3,(H,17,20)(H,18,19)/b9-8+. The third-order valence-corrected chi connectivity index (χ3v) is 3.27. The lowest BCUT2D eigenvalue weighted by Crippen LogP contribution is -2.28. The number of aliphatic carboxylic acids is 1. The molecule has 4 heteroatoms. The molecule has 1 aromatic rings. The normalized spacial score (nSPS) is 10.9. The molecule has 0 heterocycles. The fourth-order valence-electron chi connectivity index (χ4n) is 1.87. The van der Waals surface area contributed by atoms with E-state index in [0.29, 0.717) is 23.6 Å². The van der Waals surface area contributed by atoms with Gasteiger partial charge in [-0.15, -0.1) is 0 Å². The van der Waals surface area contributed by atoms with Gasteiger partial charge in [0.25, 0.3) is 5.91 Å². The molecule has 1 amide bonds. The van der Waals surface area contributed by atoms with Crippen LogP contribution in [0.5, 0.6) is 0 Å². The van der Waals surface area contributed by atoms with E-state index in [1.165, 1.54) is 6.08 Å². The minimum Gasteiger partial charge on any atom is -0.478 e. The SMILES string of the molecule is CCC(CC)CNC(=O)c1cccc(/C=C/C(=O)O)c1. The molecule has 108 valence electrons. The molecule has 0 aromatic heterocycles. The summed E-state index contributed by atoms with van der Waals surface area (Å²) in [6, 6.07) is 6.91. The number of rotatable bonds is 7. The Labute approximate surface area is 119 Å². The lowest BCUT2D eigenvalue weighted by molar-refractivity contribution is -0.131. The van der Waals surface area contributed by atoms with Gasteiger partial charge in [-0.3, -0.25) is 4.79 Å². The summed E-state index contributed by atoms with van der Waals surface area (Å²) in [5.74, 6) is -0.634. The van der Waals surface area contributed by atoms with Crippen molar-refractivity contribution in [2.24, 2.45) is 5.92 Å². The highest BCUT2D eigenvalue weighted by atomic mass is 16.4. The third-order valence-electron chi connectivity index (χ3n) is 3.27. The summed E-state index contributed by atoms with van der Waals surface area (Å²) >= 11 is 0. The number of carboxylic acid groups (broad SMARTS) is 1. The largest absolute Gasteiger partial charge is 0.478 e. The van der Waals surface area contributed by atoms with Gasteiger partial charge in [0.1, 0.15) is 0 Å². The minimum absolute atomic E-state index is 0.123. The molecule has 0 fully saturated rings. The van der Waals surface area contributed by atoms with Crippen LogP contribution >= 0.6 is 0 Å². The molecule has 2 N–H and O–H groups in total. The van der Waals surface area contributed by atoms with Crippen LogP contribution in [-0.2, 0) is 4.79 Å². The van der Waals surface area contributed by atoms with Gasteiger partial charge in [0.2, 0.25) is 0 Å². The molecule has 0 atom stereocenters. The van der Waals surface area contributed by atoms with Crippen LogP contribution in [0.2, 0.25) is 0 Å². The zero-order valence-corrected chi connectivity index (χ0v) is 11.9. The van der Waals surface area contributed by atoms with E-state index in [1.807, 2.05) is 0 Å². The van der Waals surface area contributed by atoms with E-state index in [1.54, 1.807) is 24.3 Å². The molecule has 0 saturated carbocycles. The van der Waals surface area contributed by atoms with Gasteiger partial charge in [-0.25, -0.2) is 4.79 Å². The molecule has 0 bridgehead atoms. The van der Waals surface area contributed by atoms with Crippen molar-refractivity contribution in [2.45, 2.75) is 26.7 Å². The van der Waals surface area contributed by atoms with Gasteiger partial charge < -0.3 is 10.4 Å². The maximum absolute atomic E-state index is 12.0. The number of benzene rings is 1. The second-order valence-corrected chi connectivity index (χ2v) is 4.69. The fourth-order valence-corrected chi connectivity index (χ4v) is 1.87. The van der Waals surface area contributed by atoms with Gasteiger partial charge >= 0.3 is 5.97 Å². The average Bonchev–Trinajstić information content (AvgIpc) is 2.46. The molecule has 0 aliphatic carbocycles. The zero-order valence-electron chi connectivity index (χ0n) is 11.9. The number of carboxylic acids is 1. The van der Waals surface area contributed by atoms with E-state index >= 15 is 0 Å². The lowest BCUT2D eigenvalue weighted by atomic mass is 10.0. The first-order valence-electron chi connectivity index (χ1n) is 6.86. The van der Waals surface area contributed by atoms with Gasteiger partial charge in [0.15, 0.2) is 0 Å². The van der Waals surface area contributed by atoms with Crippen LogP contribution in [0.25, 0.3) is 6.08 Å². The first-order valence-corrected chi connectivity index (χ1v) is 6.86. The maximum Gasteiger partial charge on any atom is 0.328 e. The Morgan fingerprint density at radius 2 is 2.00 bits per heavy atom. The Bertz CT molecular complexity index is 490. The topological polar surface area (TPSA) is 66.4 Å². The summed E-state index contributed by atoms with van der Waals surface area (Å²) in [6.07, 6.45) is 4.61. The third kappa shape index (κ3) is 5.26. The van der Waals surface area contributed by atoms with Crippen LogP contribution in [0.1, 0.15) is 42.6 Å². The molecular formula is C16H21NO3. The predicted molar refractivity (Wildman–Crippen MR) is 79.5 cm³/mol. The van der Waals surface area contributed by atoms with Gasteiger partial charge in [0, 0.05) is 18.2 Å². The number of nitrogens with one attached hydrogen (secondary N) is 1. The second-order valence-electron chi connectivity index (χ2n) is 4.69. The van der Waals surface area contributed by atoms with E-state index in [-0.39, 0.29) is 5.91 Å². The molecule has 0 radical (unpaired) electrons. The first kappa shape index (κ1) is 16.0. The highest BCUT2D eigenvalue weighted by Gasteiger charge is 2.08. The van der Waals surface area contributed by atoms with Crippen molar-refractivity contribution in [3.05, 3.63) is 41.5 Å². The van der Waals surface area contributed by atoms with E-state index in [2.05, 4.69) is 19.2 Å². The van der Waals surface area contributed by atoms with E-state index in [4.69, 9.17) is 5.11 Å². The molecule has 4 nitrogen and oxygen atoms in total. The number of hydrogen-bond acceptors (Lipinski definition) is 2. The van der Waals surface area contributed by atoms with Gasteiger partial charge in [-0.05, 0) is 29.7 Å². The summed E-state index contributed by atoms with van der Waals surface area (Å²) in [4.78, 5) is 22.5. The van der Waals surface area contributed by atoms with Crippen molar-refractivity contribution < 1.29 is 14.7 Å². The van der Waals surface area contributed by atoms with Gasteiger partial charge in [0.05, 0.1) is 0 Å². The van der Waals surface area contributed by atoms with Crippen molar-refractivity contribution >= 4 is 18.0 Å². The summed E-state index contributed by atoms with van der Waals surface area (Å²) in [5, 5.41) is 11.5. The zero-order chi connectivity index (χ0) is 15.0. The smallest absolute Gasteiger partial charge is 0.328 e. The fraction of sp³-hybridized carbons (Fsp3) is 0.375. The van der Waals surface area contributed by atoms with Crippen LogP contribution in [0.15, 0.2) is 30.3 Å². The Kier molecular flexibility index (Phi) is 6.50. The van der Waals surface area contributed by atoms with Crippen molar-refractivity contribution in [2.75, 3.05) is 6.54 Å². The molecular weight excluding hydrogens is 254 g/mol. The van der Waals surface area contributed by atoms with Crippen LogP contribution in [0.3, 0.4) is 0 Å². The molecule has 0 aliphatic heterocycles. The maximum atomic E-state index is 12.0. The number of carbonyl (C=O) groups excluding carboxylic acids is 1. The summed E-state index contributed by atoms with van der Waals surface area (Å²) in [6.45, 7) is 4.89. The van der Waals surface area contributed by atoms with Crippen molar-refractivity contribution in [3.63, 3.8) is 0 Å². The molecule has 0 spiro atoms. The van der Waals surface area contributed by atoms with Crippen LogP contribution in [0.4, 0.5) is 0 Å². The average molecular weight is 275 g/mol. The Morgan fingerprint density at radius 1 is 1.30 bits per heavy atom. The quantitative estimate of drug-likeness (QED) is 0.752. The van der Waals surface area contributed by atoms with Crippen LogP contribution in [-0.4, -0.2) is 23.5 Å². The Morgan fingerprint density at radius 3 is 2.60 bits per heavy atom. The monoisotopic (exact) mass is 275 g/mol. The second kappa shape index (κ2) is 8.15. The number of carbonyl (C=O) groups is 2. The molecule has 1 rings (SSSR count). The molecule has 20 heavy (non-hydrogen) atoms. The molecule has 0 unspecified atom stereocenters. The highest BCUT2D eigenvalue weighted by Crippen LogP contribution is 2.09. The van der Waals surface area contributed by atoms with E-state index in [9.17, 15) is 9.59 Å². The summed E-state index contributed by atoms with van der Waals surface area (Å²) < 4.78 is 0. The molecule has 0 aliphatic rings. The highest BCUT2D eigenvalue weighted by molar-refractivity contribution is 5.95. The number of hydrogen-bond donors (Lipinski definition) is 2. The first-order chi connectivity index (χ1) is 9.56. The van der Waals surface area contributed by atoms with Crippen LogP contribution in [0, 0.1) is 5.92 Å². The number of amides is 1. The lowest BCUT2D eigenvalue weighted by Gasteiger charge is -2.13. The summed E-state index contributed by atoms with van der Waals surface area (Å²) in [5.41, 5.74) is 1.24. The van der Waals surface area contributed by atoms with E-state index in [0.717, 1.165) is 18.9 Å². The van der Waals surface area contributed by atoms with Crippen LogP contribution < -0.4 is 5.32 Å². The summed E-state index contributed by atoms with van der Waals surface area (Å²) in [7, 11) is 0. The minimum atomic E-state index is -1.01. The van der Waals surface area contributed by atoms with Gasteiger partial charge in [-0.2, -0.15) is 0 Å². The molecule has 1 aromatic carbocycles. The van der Waals surface area contributed by atoms with Crippen molar-refractivity contribution in [1.82, 2.24) is 5.32 Å². The Hall–Kier alpha value is -2.10. The molecule has 0 saturated heterocycles. The predicted octanol–water partition coefficient (Wildman–Crippen LogP) is 2.95.